The van der Waals surface area contributed by atoms with Crippen LogP contribution in [-0.2, 0) is 20.6 Å². The molecule has 0 bridgehead atoms. The Hall–Kier alpha value is -1.55. The molecule has 1 aromatic rings. The van der Waals surface area contributed by atoms with Gasteiger partial charge in [-0.3, -0.25) is 0 Å². The second-order valence-corrected chi connectivity index (χ2v) is 12.0. The van der Waals surface area contributed by atoms with E-state index in [0.717, 1.165) is 18.4 Å². The number of unbranched alkanes of at least 4 members (excludes halogenated alkanes) is 1. The molecule has 1 aromatic carbocycles. The largest absolute Gasteiger partial charge is 0.539 e. The molecule has 0 fully saturated rings. The van der Waals surface area contributed by atoms with E-state index < -0.39 is 8.32 Å². The van der Waals surface area contributed by atoms with E-state index in [1.165, 1.54) is 0 Å². The fourth-order valence-corrected chi connectivity index (χ4v) is 2.69. The van der Waals surface area contributed by atoms with Crippen molar-refractivity contribution < 1.29 is 14.0 Å². The molecule has 0 atom stereocenters. The van der Waals surface area contributed by atoms with Crippen LogP contribution in [-0.4, -0.2) is 14.3 Å². The Labute approximate surface area is 141 Å². The standard InChI is InChI=1S/C19H30O3Si/c1-7-8-14-17(22-23(5,6)19(2,3)4)18(20)21-15-16-12-10-9-11-13-16/h9-14H,7-8,15H2,1-6H3/b17-14+. The van der Waals surface area contributed by atoms with Gasteiger partial charge in [-0.25, -0.2) is 4.79 Å². The fourth-order valence-electron chi connectivity index (χ4n) is 1.66. The molecule has 0 aliphatic rings. The van der Waals surface area contributed by atoms with Crippen molar-refractivity contribution in [2.75, 3.05) is 0 Å². The minimum absolute atomic E-state index is 0.0397. The highest BCUT2D eigenvalue weighted by atomic mass is 28.4. The summed E-state index contributed by atoms with van der Waals surface area (Å²) in [5, 5.41) is 0.0397. The third kappa shape index (κ3) is 6.22. The summed E-state index contributed by atoms with van der Waals surface area (Å²) in [7, 11) is -2.06. The minimum Gasteiger partial charge on any atom is -0.539 e. The van der Waals surface area contributed by atoms with Crippen molar-refractivity contribution in [1.29, 1.82) is 0 Å². The van der Waals surface area contributed by atoms with E-state index in [4.69, 9.17) is 9.16 Å². The highest BCUT2D eigenvalue weighted by molar-refractivity contribution is 6.74. The molecule has 0 aliphatic heterocycles. The molecule has 0 aliphatic carbocycles. The number of hydrogen-bond acceptors (Lipinski definition) is 3. The zero-order valence-corrected chi connectivity index (χ0v) is 16.3. The van der Waals surface area contributed by atoms with Crippen LogP contribution in [0, 0.1) is 0 Å². The van der Waals surface area contributed by atoms with Crippen molar-refractivity contribution in [3.05, 3.63) is 47.7 Å². The molecule has 23 heavy (non-hydrogen) atoms. The molecular weight excluding hydrogens is 304 g/mol. The summed E-state index contributed by atoms with van der Waals surface area (Å²) in [4.78, 5) is 12.4. The summed E-state index contributed by atoms with van der Waals surface area (Å²) in [6.07, 6.45) is 3.65. The molecule has 0 heterocycles. The summed E-state index contributed by atoms with van der Waals surface area (Å²) >= 11 is 0. The summed E-state index contributed by atoms with van der Waals surface area (Å²) in [6.45, 7) is 13.1. The highest BCUT2D eigenvalue weighted by Gasteiger charge is 2.40. The van der Waals surface area contributed by atoms with Crippen molar-refractivity contribution in [3.8, 4) is 0 Å². The Morgan fingerprint density at radius 2 is 1.78 bits per heavy atom. The van der Waals surface area contributed by atoms with Gasteiger partial charge in [0.05, 0.1) is 0 Å². The highest BCUT2D eigenvalue weighted by Crippen LogP contribution is 2.38. The predicted molar refractivity (Wildman–Crippen MR) is 97.5 cm³/mol. The minimum atomic E-state index is -2.06. The van der Waals surface area contributed by atoms with Crippen LogP contribution in [0.2, 0.25) is 18.1 Å². The second kappa shape index (κ2) is 8.34. The normalized spacial score (nSPS) is 12.9. The number of carbonyl (C=O) groups excluding carboxylic acids is 1. The molecule has 0 spiro atoms. The maximum absolute atomic E-state index is 12.4. The fraction of sp³-hybridized carbons (Fsp3) is 0.526. The van der Waals surface area contributed by atoms with Crippen LogP contribution in [0.15, 0.2) is 42.2 Å². The number of esters is 1. The average Bonchev–Trinajstić information content (AvgIpc) is 2.48. The topological polar surface area (TPSA) is 35.5 Å². The number of benzene rings is 1. The van der Waals surface area contributed by atoms with Crippen LogP contribution in [0.1, 0.15) is 46.1 Å². The van der Waals surface area contributed by atoms with Gasteiger partial charge in [-0.2, -0.15) is 0 Å². The van der Waals surface area contributed by atoms with E-state index in [-0.39, 0.29) is 17.6 Å². The molecule has 0 saturated carbocycles. The Morgan fingerprint density at radius 1 is 1.17 bits per heavy atom. The Balaban J connectivity index is 2.79. The van der Waals surface area contributed by atoms with Gasteiger partial charge in [-0.05, 0) is 36.2 Å². The summed E-state index contributed by atoms with van der Waals surface area (Å²) < 4.78 is 11.6. The van der Waals surface area contributed by atoms with Gasteiger partial charge in [0.2, 0.25) is 0 Å². The van der Waals surface area contributed by atoms with Gasteiger partial charge in [-0.15, -0.1) is 0 Å². The van der Waals surface area contributed by atoms with Crippen LogP contribution in [0.5, 0.6) is 0 Å². The van der Waals surface area contributed by atoms with Crippen molar-refractivity contribution in [3.63, 3.8) is 0 Å². The van der Waals surface area contributed by atoms with Crippen molar-refractivity contribution in [1.82, 2.24) is 0 Å². The van der Waals surface area contributed by atoms with E-state index in [1.54, 1.807) is 0 Å². The maximum atomic E-state index is 12.4. The molecule has 0 saturated heterocycles. The second-order valence-electron chi connectivity index (χ2n) is 7.28. The first-order chi connectivity index (χ1) is 10.7. The van der Waals surface area contributed by atoms with Gasteiger partial charge in [0.1, 0.15) is 6.61 Å². The summed E-state index contributed by atoms with van der Waals surface area (Å²) in [6, 6.07) is 9.69. The van der Waals surface area contributed by atoms with Crippen molar-refractivity contribution in [2.24, 2.45) is 0 Å². The van der Waals surface area contributed by atoms with Gasteiger partial charge in [0.25, 0.3) is 8.32 Å². The zero-order valence-electron chi connectivity index (χ0n) is 15.3. The van der Waals surface area contributed by atoms with Crippen molar-refractivity contribution in [2.45, 2.75) is 65.3 Å². The molecule has 0 amide bonds. The van der Waals surface area contributed by atoms with E-state index in [2.05, 4.69) is 40.8 Å². The quantitative estimate of drug-likeness (QED) is 0.288. The van der Waals surface area contributed by atoms with Crippen LogP contribution >= 0.6 is 0 Å². The van der Waals surface area contributed by atoms with Crippen molar-refractivity contribution >= 4 is 14.3 Å². The first kappa shape index (κ1) is 19.5. The molecule has 0 radical (unpaired) electrons. The molecule has 1 rings (SSSR count). The van der Waals surface area contributed by atoms with E-state index >= 15 is 0 Å². The molecule has 128 valence electrons. The number of carbonyl (C=O) groups is 1. The molecule has 4 heteroatoms. The van der Waals surface area contributed by atoms with Crippen LogP contribution < -0.4 is 0 Å². The number of ether oxygens (including phenoxy) is 1. The maximum Gasteiger partial charge on any atom is 0.372 e. The lowest BCUT2D eigenvalue weighted by atomic mass is 10.2. The van der Waals surface area contributed by atoms with Crippen LogP contribution in [0.25, 0.3) is 0 Å². The summed E-state index contributed by atoms with van der Waals surface area (Å²) in [5.41, 5.74) is 0.975. The lowest BCUT2D eigenvalue weighted by molar-refractivity contribution is -0.143. The Bertz CT molecular complexity index is 527. The number of allylic oxidation sites excluding steroid dienone is 1. The first-order valence-electron chi connectivity index (χ1n) is 8.27. The lowest BCUT2D eigenvalue weighted by Gasteiger charge is -2.36. The van der Waals surface area contributed by atoms with E-state index in [1.807, 2.05) is 36.4 Å². The smallest absolute Gasteiger partial charge is 0.372 e. The molecule has 0 N–H and O–H groups in total. The van der Waals surface area contributed by atoms with E-state index in [9.17, 15) is 4.79 Å². The third-order valence-electron chi connectivity index (χ3n) is 4.20. The lowest BCUT2D eigenvalue weighted by Crippen LogP contribution is -2.41. The average molecular weight is 335 g/mol. The number of hydrogen-bond donors (Lipinski definition) is 0. The molecule has 3 nitrogen and oxygen atoms in total. The van der Waals surface area contributed by atoms with E-state index in [0.29, 0.717) is 5.76 Å². The zero-order chi connectivity index (χ0) is 17.5. The molecule has 0 unspecified atom stereocenters. The SMILES string of the molecule is CCC/C=C(/O[Si](C)(C)C(C)(C)C)C(=O)OCc1ccccc1. The predicted octanol–water partition coefficient (Wildman–Crippen LogP) is 5.44. The Morgan fingerprint density at radius 3 is 2.30 bits per heavy atom. The van der Waals surface area contributed by atoms with Gasteiger partial charge in [0, 0.05) is 0 Å². The monoisotopic (exact) mass is 334 g/mol. The van der Waals surface area contributed by atoms with Crippen LogP contribution in [0.3, 0.4) is 0 Å². The molecular formula is C19H30O3Si. The van der Waals surface area contributed by atoms with Gasteiger partial charge in [0.15, 0.2) is 5.76 Å². The third-order valence-corrected chi connectivity index (χ3v) is 8.55. The Kier molecular flexibility index (Phi) is 7.07. The molecule has 0 aromatic heterocycles. The summed E-state index contributed by atoms with van der Waals surface area (Å²) in [5.74, 6) is 0.00139. The van der Waals surface area contributed by atoms with Gasteiger partial charge >= 0.3 is 5.97 Å². The van der Waals surface area contributed by atoms with Gasteiger partial charge < -0.3 is 9.16 Å². The number of rotatable bonds is 7. The first-order valence-corrected chi connectivity index (χ1v) is 11.2. The van der Waals surface area contributed by atoms with Gasteiger partial charge in [-0.1, -0.05) is 64.4 Å². The van der Waals surface area contributed by atoms with Crippen LogP contribution in [0.4, 0.5) is 0 Å².